The number of ether oxygens (including phenoxy) is 1. The van der Waals surface area contributed by atoms with Gasteiger partial charge in [0, 0.05) is 25.6 Å². The molecule has 5 heteroatoms. The highest BCUT2D eigenvalue weighted by atomic mass is 79.9. The van der Waals surface area contributed by atoms with Crippen LogP contribution in [0.15, 0.2) is 4.47 Å². The lowest BCUT2D eigenvalue weighted by molar-refractivity contribution is 0.139. The Hall–Kier alpha value is -0.390. The lowest BCUT2D eigenvalue weighted by atomic mass is 9.98. The Morgan fingerprint density at radius 2 is 2.12 bits per heavy atom. The fraction of sp³-hybridized carbons (Fsp3) is 0.750. The minimum Gasteiger partial charge on any atom is -0.383 e. The Morgan fingerprint density at radius 3 is 2.59 bits per heavy atom. The van der Waals surface area contributed by atoms with Crippen molar-refractivity contribution in [3.8, 4) is 0 Å². The monoisotopic (exact) mass is 303 g/mol. The van der Waals surface area contributed by atoms with Gasteiger partial charge in [0.2, 0.25) is 0 Å². The van der Waals surface area contributed by atoms with Gasteiger partial charge in [-0.3, -0.25) is 4.68 Å². The van der Waals surface area contributed by atoms with E-state index in [4.69, 9.17) is 10.5 Å². The molecule has 0 aromatic carbocycles. The normalized spacial score (nSPS) is 14.9. The van der Waals surface area contributed by atoms with Gasteiger partial charge in [-0.25, -0.2) is 0 Å². The van der Waals surface area contributed by atoms with E-state index in [9.17, 15) is 0 Å². The number of nitrogens with two attached hydrogens (primary N) is 1. The Morgan fingerprint density at radius 1 is 1.47 bits per heavy atom. The van der Waals surface area contributed by atoms with Crippen LogP contribution < -0.4 is 5.73 Å². The van der Waals surface area contributed by atoms with Crippen LogP contribution in [0.5, 0.6) is 0 Å². The summed E-state index contributed by atoms with van der Waals surface area (Å²) >= 11 is 3.63. The van der Waals surface area contributed by atoms with Crippen molar-refractivity contribution < 1.29 is 4.74 Å². The van der Waals surface area contributed by atoms with Gasteiger partial charge in [0.15, 0.2) is 0 Å². The van der Waals surface area contributed by atoms with Crippen molar-refractivity contribution in [3.63, 3.8) is 0 Å². The van der Waals surface area contributed by atoms with Crippen LogP contribution in [0.2, 0.25) is 0 Å². The third-order valence-corrected chi connectivity index (χ3v) is 3.65. The lowest BCUT2D eigenvalue weighted by Crippen LogP contribution is -2.43. The van der Waals surface area contributed by atoms with Gasteiger partial charge in [-0.15, -0.1) is 0 Å². The third kappa shape index (κ3) is 3.53. The molecule has 2 N–H and O–H groups in total. The molecule has 17 heavy (non-hydrogen) atoms. The third-order valence-electron chi connectivity index (χ3n) is 2.74. The first-order valence-electron chi connectivity index (χ1n) is 5.97. The number of hydrogen-bond donors (Lipinski definition) is 1. The van der Waals surface area contributed by atoms with Crippen molar-refractivity contribution in [2.45, 2.75) is 45.7 Å². The van der Waals surface area contributed by atoms with E-state index in [1.165, 1.54) is 0 Å². The van der Waals surface area contributed by atoms with E-state index in [1.54, 1.807) is 7.11 Å². The fourth-order valence-corrected chi connectivity index (χ4v) is 2.65. The van der Waals surface area contributed by atoms with Gasteiger partial charge >= 0.3 is 0 Å². The number of aryl methyl sites for hydroxylation is 2. The van der Waals surface area contributed by atoms with Crippen LogP contribution in [0.3, 0.4) is 0 Å². The minimum atomic E-state index is -0.366. The zero-order valence-electron chi connectivity index (χ0n) is 11.1. The van der Waals surface area contributed by atoms with Crippen molar-refractivity contribution in [1.82, 2.24) is 9.78 Å². The minimum absolute atomic E-state index is 0.366. The van der Waals surface area contributed by atoms with Gasteiger partial charge < -0.3 is 10.5 Å². The van der Waals surface area contributed by atoms with E-state index in [0.717, 1.165) is 35.2 Å². The van der Waals surface area contributed by atoms with E-state index in [0.29, 0.717) is 6.61 Å². The highest BCUT2D eigenvalue weighted by molar-refractivity contribution is 9.10. The smallest absolute Gasteiger partial charge is 0.0766 e. The van der Waals surface area contributed by atoms with Gasteiger partial charge in [-0.05, 0) is 36.2 Å². The largest absolute Gasteiger partial charge is 0.383 e. The fourth-order valence-electron chi connectivity index (χ4n) is 1.95. The second-order valence-electron chi connectivity index (χ2n) is 4.64. The van der Waals surface area contributed by atoms with E-state index < -0.39 is 0 Å². The summed E-state index contributed by atoms with van der Waals surface area (Å²) in [4.78, 5) is 0. The molecule has 1 rings (SSSR count). The van der Waals surface area contributed by atoms with Gasteiger partial charge in [-0.2, -0.15) is 5.10 Å². The predicted molar refractivity (Wildman–Crippen MR) is 73.2 cm³/mol. The number of rotatable bonds is 6. The Labute approximate surface area is 112 Å². The molecule has 0 amide bonds. The molecule has 0 spiro atoms. The SMILES string of the molecule is CCc1nn(CC)c(CC(C)(N)COC)c1Br. The van der Waals surface area contributed by atoms with Gasteiger partial charge in [0.05, 0.1) is 22.5 Å². The van der Waals surface area contributed by atoms with Gasteiger partial charge in [-0.1, -0.05) is 6.92 Å². The van der Waals surface area contributed by atoms with Crippen LogP contribution in [0, 0.1) is 0 Å². The number of nitrogens with zero attached hydrogens (tertiary/aromatic N) is 2. The molecule has 98 valence electrons. The average Bonchev–Trinajstić information content (AvgIpc) is 2.55. The quantitative estimate of drug-likeness (QED) is 0.876. The van der Waals surface area contributed by atoms with Crippen LogP contribution in [-0.2, 0) is 24.1 Å². The second-order valence-corrected chi connectivity index (χ2v) is 5.43. The van der Waals surface area contributed by atoms with E-state index in [1.807, 2.05) is 11.6 Å². The van der Waals surface area contributed by atoms with Crippen LogP contribution in [-0.4, -0.2) is 29.0 Å². The molecule has 0 radical (unpaired) electrons. The van der Waals surface area contributed by atoms with E-state index in [2.05, 4.69) is 34.9 Å². The molecule has 0 saturated carbocycles. The molecule has 0 bridgehead atoms. The van der Waals surface area contributed by atoms with Crippen LogP contribution >= 0.6 is 15.9 Å². The highest BCUT2D eigenvalue weighted by Crippen LogP contribution is 2.25. The maximum atomic E-state index is 6.22. The van der Waals surface area contributed by atoms with Gasteiger partial charge in [0.25, 0.3) is 0 Å². The molecule has 4 nitrogen and oxygen atoms in total. The van der Waals surface area contributed by atoms with Crippen LogP contribution in [0.1, 0.15) is 32.2 Å². The van der Waals surface area contributed by atoms with Crippen LogP contribution in [0.4, 0.5) is 0 Å². The summed E-state index contributed by atoms with van der Waals surface area (Å²) in [5.74, 6) is 0. The van der Waals surface area contributed by atoms with E-state index in [-0.39, 0.29) is 5.54 Å². The lowest BCUT2D eigenvalue weighted by Gasteiger charge is -2.24. The molecular weight excluding hydrogens is 282 g/mol. The second kappa shape index (κ2) is 5.98. The average molecular weight is 304 g/mol. The summed E-state index contributed by atoms with van der Waals surface area (Å²) in [6.45, 7) is 7.59. The van der Waals surface area contributed by atoms with Crippen molar-refractivity contribution in [3.05, 3.63) is 15.9 Å². The number of hydrogen-bond acceptors (Lipinski definition) is 3. The molecule has 0 fully saturated rings. The predicted octanol–water partition coefficient (Wildman–Crippen LogP) is 2.13. The van der Waals surface area contributed by atoms with Crippen molar-refractivity contribution in [2.24, 2.45) is 5.73 Å². The number of methoxy groups -OCH3 is 1. The maximum Gasteiger partial charge on any atom is 0.0766 e. The summed E-state index contributed by atoms with van der Waals surface area (Å²) in [7, 11) is 1.68. The Kier molecular flexibility index (Phi) is 5.16. The highest BCUT2D eigenvalue weighted by Gasteiger charge is 2.24. The Balaban J connectivity index is 3.00. The zero-order valence-corrected chi connectivity index (χ0v) is 12.7. The molecule has 0 aliphatic heterocycles. The summed E-state index contributed by atoms with van der Waals surface area (Å²) in [6.07, 6.45) is 1.68. The molecule has 1 atom stereocenters. The molecule has 1 heterocycles. The molecule has 1 aromatic rings. The molecule has 0 aliphatic carbocycles. The summed E-state index contributed by atoms with van der Waals surface area (Å²) in [5, 5.41) is 4.56. The Bertz CT molecular complexity index is 374. The van der Waals surface area contributed by atoms with Crippen molar-refractivity contribution in [2.75, 3.05) is 13.7 Å². The summed E-state index contributed by atoms with van der Waals surface area (Å²) < 4.78 is 8.27. The molecule has 0 saturated heterocycles. The first kappa shape index (κ1) is 14.7. The number of aromatic nitrogens is 2. The van der Waals surface area contributed by atoms with Gasteiger partial charge in [0.1, 0.15) is 0 Å². The molecule has 1 unspecified atom stereocenters. The van der Waals surface area contributed by atoms with Crippen molar-refractivity contribution in [1.29, 1.82) is 0 Å². The molecular formula is C12H22BrN3O. The molecule has 0 aliphatic rings. The summed E-state index contributed by atoms with van der Waals surface area (Å²) in [6, 6.07) is 0. The standard InChI is InChI=1S/C12H22BrN3O/c1-5-9-11(13)10(16(6-2)15-9)7-12(3,14)8-17-4/h5-8,14H2,1-4H3. The number of halogens is 1. The van der Waals surface area contributed by atoms with Crippen molar-refractivity contribution >= 4 is 15.9 Å². The zero-order chi connectivity index (χ0) is 13.1. The molecule has 1 aromatic heterocycles. The summed E-state index contributed by atoms with van der Waals surface area (Å²) in [5.41, 5.74) is 8.10. The first-order valence-corrected chi connectivity index (χ1v) is 6.76. The van der Waals surface area contributed by atoms with Crippen LogP contribution in [0.25, 0.3) is 0 Å². The maximum absolute atomic E-state index is 6.22. The topological polar surface area (TPSA) is 53.1 Å². The first-order chi connectivity index (χ1) is 7.95. The van der Waals surface area contributed by atoms with E-state index >= 15 is 0 Å².